The Labute approximate surface area is 220 Å². The minimum absolute atomic E-state index is 0.0533. The van der Waals surface area contributed by atoms with Gasteiger partial charge in [0.05, 0.1) is 32.1 Å². The van der Waals surface area contributed by atoms with E-state index in [9.17, 15) is 9.90 Å². The lowest BCUT2D eigenvalue weighted by atomic mass is 9.93. The molecular weight excluding hydrogens is 500 g/mol. The van der Waals surface area contributed by atoms with Gasteiger partial charge in [-0.05, 0) is 43.9 Å². The summed E-state index contributed by atoms with van der Waals surface area (Å²) in [4.78, 5) is 23.2. The van der Waals surface area contributed by atoms with Crippen LogP contribution in [0.4, 0.5) is 23.0 Å². The molecule has 5 rings (SSSR count). The number of aromatic nitrogens is 2. The van der Waals surface area contributed by atoms with E-state index in [-0.39, 0.29) is 28.8 Å². The molecule has 1 spiro atoms. The average molecular weight is 533 g/mol. The fourth-order valence-corrected chi connectivity index (χ4v) is 5.39. The third-order valence-electron chi connectivity index (χ3n) is 7.25. The standard InChI is InChI=1S/C25H33ClN6O5/c1-35-19-7-4-16(14-18(19)32-10-8-25(9-11-32)36-12-13-37-25)29-23-20(22(27)34)30-21(26)24(31-23)28-15-2-5-17(33)6-3-15/h4,7,14-15,17,33H,2-3,5-6,8-13H2,1H3,(H2,27,34)(H2,28,29,31). The maximum atomic E-state index is 12.2. The predicted octanol–water partition coefficient (Wildman–Crippen LogP) is 3.04. The molecule has 0 atom stereocenters. The Morgan fingerprint density at radius 1 is 1.16 bits per heavy atom. The molecule has 11 nitrogen and oxygen atoms in total. The molecule has 3 aliphatic rings. The zero-order valence-electron chi connectivity index (χ0n) is 20.8. The number of benzene rings is 1. The zero-order valence-corrected chi connectivity index (χ0v) is 21.6. The van der Waals surface area contributed by atoms with Crippen LogP contribution in [0.25, 0.3) is 0 Å². The van der Waals surface area contributed by atoms with Crippen molar-refractivity contribution >= 4 is 40.5 Å². The van der Waals surface area contributed by atoms with Gasteiger partial charge >= 0.3 is 0 Å². The SMILES string of the molecule is COc1ccc(Nc2nc(NC3CCC(O)CC3)c(Cl)nc2C(N)=O)cc1N1CCC2(CC1)OCCO2. The largest absolute Gasteiger partial charge is 0.495 e. The molecule has 3 fully saturated rings. The van der Waals surface area contributed by atoms with Crippen LogP contribution < -0.4 is 26.0 Å². The number of aliphatic hydroxyl groups excluding tert-OH is 1. The lowest BCUT2D eigenvalue weighted by molar-refractivity contribution is -0.169. The van der Waals surface area contributed by atoms with Crippen LogP contribution in [0, 0.1) is 0 Å². The topological polar surface area (TPSA) is 144 Å². The molecule has 1 aromatic heterocycles. The van der Waals surface area contributed by atoms with Crippen molar-refractivity contribution in [1.82, 2.24) is 9.97 Å². The molecule has 0 unspecified atom stereocenters. The van der Waals surface area contributed by atoms with Gasteiger partial charge in [0, 0.05) is 37.7 Å². The molecule has 1 aliphatic carbocycles. The lowest BCUT2D eigenvalue weighted by Gasteiger charge is -2.39. The second-order valence-corrected chi connectivity index (χ2v) is 10.0. The van der Waals surface area contributed by atoms with Gasteiger partial charge in [-0.15, -0.1) is 0 Å². The Bertz CT molecular complexity index is 1130. The van der Waals surface area contributed by atoms with Gasteiger partial charge in [0.1, 0.15) is 5.75 Å². The van der Waals surface area contributed by atoms with E-state index < -0.39 is 11.7 Å². The third kappa shape index (κ3) is 5.69. The molecule has 3 heterocycles. The van der Waals surface area contributed by atoms with Crippen LogP contribution in [0.5, 0.6) is 5.75 Å². The Morgan fingerprint density at radius 3 is 2.51 bits per heavy atom. The number of rotatable bonds is 7. The van der Waals surface area contributed by atoms with Crippen molar-refractivity contribution in [3.05, 3.63) is 29.0 Å². The van der Waals surface area contributed by atoms with Crippen LogP contribution in [0.15, 0.2) is 18.2 Å². The summed E-state index contributed by atoms with van der Waals surface area (Å²) in [6.45, 7) is 2.76. The van der Waals surface area contributed by atoms with E-state index in [4.69, 9.17) is 31.5 Å². The summed E-state index contributed by atoms with van der Waals surface area (Å²) in [5.74, 6) is 0.0815. The van der Waals surface area contributed by atoms with Crippen LogP contribution in [-0.2, 0) is 9.47 Å². The first kappa shape index (κ1) is 25.8. The molecule has 1 saturated carbocycles. The van der Waals surface area contributed by atoms with Crippen molar-refractivity contribution in [3.8, 4) is 5.75 Å². The number of aliphatic hydroxyl groups is 1. The molecule has 0 radical (unpaired) electrons. The molecule has 2 aliphatic heterocycles. The quantitative estimate of drug-likeness (QED) is 0.420. The predicted molar refractivity (Wildman–Crippen MR) is 140 cm³/mol. The van der Waals surface area contributed by atoms with Gasteiger partial charge in [0.15, 0.2) is 28.3 Å². The smallest absolute Gasteiger partial charge is 0.271 e. The van der Waals surface area contributed by atoms with Gasteiger partial charge in [0.25, 0.3) is 5.91 Å². The highest BCUT2D eigenvalue weighted by Gasteiger charge is 2.40. The number of nitrogens with one attached hydrogen (secondary N) is 2. The van der Waals surface area contributed by atoms with E-state index >= 15 is 0 Å². The number of amides is 1. The maximum Gasteiger partial charge on any atom is 0.271 e. The highest BCUT2D eigenvalue weighted by molar-refractivity contribution is 6.32. The molecule has 200 valence electrons. The number of ether oxygens (including phenoxy) is 3. The van der Waals surface area contributed by atoms with Crippen LogP contribution in [-0.4, -0.2) is 72.3 Å². The Kier molecular flexibility index (Phi) is 7.57. The van der Waals surface area contributed by atoms with E-state index in [1.54, 1.807) is 7.11 Å². The number of hydrogen-bond acceptors (Lipinski definition) is 10. The van der Waals surface area contributed by atoms with E-state index in [1.165, 1.54) is 0 Å². The van der Waals surface area contributed by atoms with Gasteiger partial charge in [0.2, 0.25) is 0 Å². The van der Waals surface area contributed by atoms with Gasteiger partial charge < -0.3 is 40.6 Å². The van der Waals surface area contributed by atoms with Crippen LogP contribution >= 0.6 is 11.6 Å². The molecule has 2 saturated heterocycles. The van der Waals surface area contributed by atoms with E-state index in [0.29, 0.717) is 37.6 Å². The molecule has 1 amide bonds. The summed E-state index contributed by atoms with van der Waals surface area (Å²) in [6.07, 6.45) is 4.23. The normalized spacial score (nSPS) is 23.2. The number of carbonyl (C=O) groups is 1. The maximum absolute atomic E-state index is 12.2. The first-order chi connectivity index (χ1) is 17.9. The lowest BCUT2D eigenvalue weighted by Crippen LogP contribution is -2.45. The number of anilines is 4. The highest BCUT2D eigenvalue weighted by atomic mass is 35.5. The zero-order chi connectivity index (χ0) is 26.0. The second-order valence-electron chi connectivity index (χ2n) is 9.68. The number of hydrogen-bond donors (Lipinski definition) is 4. The van der Waals surface area contributed by atoms with Crippen molar-refractivity contribution in [2.75, 3.05) is 48.9 Å². The summed E-state index contributed by atoms with van der Waals surface area (Å²) < 4.78 is 17.4. The Hall–Kier alpha value is -2.86. The highest BCUT2D eigenvalue weighted by Crippen LogP contribution is 2.38. The number of primary amides is 1. The number of piperidine rings is 1. The molecule has 37 heavy (non-hydrogen) atoms. The van der Waals surface area contributed by atoms with Crippen LogP contribution in [0.2, 0.25) is 5.15 Å². The average Bonchev–Trinajstić information content (AvgIpc) is 3.35. The van der Waals surface area contributed by atoms with E-state index in [2.05, 4.69) is 25.5 Å². The number of carbonyl (C=O) groups excluding carboxylic acids is 1. The van der Waals surface area contributed by atoms with Gasteiger partial charge in [-0.3, -0.25) is 4.79 Å². The van der Waals surface area contributed by atoms with Gasteiger partial charge in [-0.1, -0.05) is 11.6 Å². The van der Waals surface area contributed by atoms with Crippen molar-refractivity contribution < 1.29 is 24.1 Å². The van der Waals surface area contributed by atoms with Crippen molar-refractivity contribution in [2.45, 2.75) is 56.5 Å². The Morgan fingerprint density at radius 2 is 1.86 bits per heavy atom. The van der Waals surface area contributed by atoms with Crippen LogP contribution in [0.1, 0.15) is 49.0 Å². The number of nitrogens with two attached hydrogens (primary N) is 1. The number of halogens is 1. The monoisotopic (exact) mass is 532 g/mol. The molecule has 5 N–H and O–H groups in total. The Balaban J connectivity index is 1.38. The summed E-state index contributed by atoms with van der Waals surface area (Å²) in [7, 11) is 1.64. The summed E-state index contributed by atoms with van der Waals surface area (Å²) in [5, 5.41) is 16.4. The summed E-state index contributed by atoms with van der Waals surface area (Å²) in [5.41, 5.74) is 7.14. The molecule has 1 aromatic carbocycles. The summed E-state index contributed by atoms with van der Waals surface area (Å²) >= 11 is 6.35. The number of nitrogens with zero attached hydrogens (tertiary/aromatic N) is 3. The van der Waals surface area contributed by atoms with E-state index in [1.807, 2.05) is 18.2 Å². The molecule has 2 aromatic rings. The summed E-state index contributed by atoms with van der Waals surface area (Å²) in [6, 6.07) is 5.76. The minimum Gasteiger partial charge on any atom is -0.495 e. The number of methoxy groups -OCH3 is 1. The second kappa shape index (κ2) is 10.9. The van der Waals surface area contributed by atoms with Crippen molar-refractivity contribution in [3.63, 3.8) is 0 Å². The fraction of sp³-hybridized carbons (Fsp3) is 0.560. The van der Waals surface area contributed by atoms with Gasteiger partial charge in [-0.25, -0.2) is 9.97 Å². The minimum atomic E-state index is -0.740. The fourth-order valence-electron chi connectivity index (χ4n) is 5.20. The van der Waals surface area contributed by atoms with Crippen LogP contribution in [0.3, 0.4) is 0 Å². The first-order valence-electron chi connectivity index (χ1n) is 12.7. The van der Waals surface area contributed by atoms with E-state index in [0.717, 1.165) is 50.2 Å². The molecular formula is C25H33ClN6O5. The first-order valence-corrected chi connectivity index (χ1v) is 13.0. The molecule has 0 bridgehead atoms. The molecule has 12 heteroatoms. The van der Waals surface area contributed by atoms with Gasteiger partial charge in [-0.2, -0.15) is 0 Å². The third-order valence-corrected chi connectivity index (χ3v) is 7.51. The van der Waals surface area contributed by atoms with Crippen molar-refractivity contribution in [2.24, 2.45) is 5.73 Å². The van der Waals surface area contributed by atoms with Crippen molar-refractivity contribution in [1.29, 1.82) is 0 Å².